The topological polar surface area (TPSA) is 0 Å². The Kier molecular flexibility index (Phi) is 17.0. The van der Waals surface area contributed by atoms with E-state index in [1.807, 2.05) is 24.3 Å². The van der Waals surface area contributed by atoms with Gasteiger partial charge in [-0.1, -0.05) is 49.2 Å². The van der Waals surface area contributed by atoms with Gasteiger partial charge in [-0.25, -0.2) is 0 Å². The molecule has 0 aliphatic heterocycles. The van der Waals surface area contributed by atoms with Crippen LogP contribution in [-0.4, -0.2) is 9.52 Å². The Morgan fingerprint density at radius 2 is 0.776 bits per heavy atom. The van der Waals surface area contributed by atoms with Gasteiger partial charge in [0.15, 0.2) is 0 Å². The average Bonchev–Trinajstić information content (AvgIpc) is 3.93. The van der Waals surface area contributed by atoms with Gasteiger partial charge in [-0.15, -0.1) is 69.1 Å². The molecule has 0 atom stereocenters. The Bertz CT molecular complexity index is 2640. The van der Waals surface area contributed by atoms with Crippen molar-refractivity contribution in [3.63, 3.8) is 0 Å². The Morgan fingerprint density at radius 1 is 0.487 bits per heavy atom. The van der Waals surface area contributed by atoms with Crippen LogP contribution in [0.3, 0.4) is 0 Å². The van der Waals surface area contributed by atoms with Gasteiger partial charge in [0.2, 0.25) is 0 Å². The fourth-order valence-corrected chi connectivity index (χ4v) is 16.2. The third-order valence-electron chi connectivity index (χ3n) is 17.4. The third kappa shape index (κ3) is 13.1. The van der Waals surface area contributed by atoms with Crippen molar-refractivity contribution < 1.29 is 73.5 Å². The molecule has 0 aromatic heterocycles. The molecular formula is C60H60Cl2F12SiZr. The van der Waals surface area contributed by atoms with E-state index in [0.29, 0.717) is 22.0 Å². The molecule has 8 fully saturated rings. The number of fused-ring (bicyclic) bond motifs is 2. The molecule has 14 rings (SSSR count). The number of benzene rings is 4. The van der Waals surface area contributed by atoms with E-state index in [4.69, 9.17) is 17.0 Å². The first kappa shape index (κ1) is 57.6. The summed E-state index contributed by atoms with van der Waals surface area (Å²) in [7, 11) is 11.0. The van der Waals surface area contributed by atoms with Crippen LogP contribution in [0.25, 0.3) is 43.8 Å². The zero-order valence-corrected chi connectivity index (χ0v) is 47.3. The van der Waals surface area contributed by atoms with Crippen molar-refractivity contribution in [2.75, 3.05) is 0 Å². The first-order valence-electron chi connectivity index (χ1n) is 26.4. The van der Waals surface area contributed by atoms with E-state index >= 15 is 0 Å². The molecule has 0 N–H and O–H groups in total. The summed E-state index contributed by atoms with van der Waals surface area (Å²) in [6.45, 7) is 4.46. The molecular weight excluding hydrogens is 1140 g/mol. The molecule has 6 aromatic carbocycles. The van der Waals surface area contributed by atoms with E-state index < -0.39 is 67.8 Å². The van der Waals surface area contributed by atoms with Crippen LogP contribution in [0, 0.1) is 46.3 Å². The molecule has 6 aromatic rings. The molecule has 406 valence electrons. The van der Waals surface area contributed by atoms with Crippen LogP contribution in [-0.2, 0) is 58.4 Å². The van der Waals surface area contributed by atoms with Crippen LogP contribution >= 0.6 is 17.0 Å². The maximum atomic E-state index is 13.4. The number of hydrogen-bond donors (Lipinski definition) is 0. The average molecular weight is 1200 g/mol. The maximum absolute atomic E-state index is 13.4. The quantitative estimate of drug-likeness (QED) is 0.0809. The molecule has 8 saturated carbocycles. The van der Waals surface area contributed by atoms with Crippen molar-refractivity contribution in [1.29, 1.82) is 0 Å². The molecule has 0 nitrogen and oxygen atoms in total. The minimum atomic E-state index is -4.86. The number of hydrogen-bond acceptors (Lipinski definition) is 0. The molecule has 0 amide bonds. The van der Waals surface area contributed by atoms with Gasteiger partial charge in [0.1, 0.15) is 0 Å². The van der Waals surface area contributed by atoms with Crippen molar-refractivity contribution in [3.05, 3.63) is 130 Å². The fraction of sp³-hybridized carbons (Fsp3) is 0.500. The Hall–Kier alpha value is -3.06. The van der Waals surface area contributed by atoms with Crippen LogP contribution in [0.2, 0.25) is 12.6 Å². The van der Waals surface area contributed by atoms with Gasteiger partial charge in [0, 0.05) is 9.52 Å². The predicted octanol–water partition coefficient (Wildman–Crippen LogP) is 21.0. The van der Waals surface area contributed by atoms with Gasteiger partial charge < -0.3 is 0 Å². The summed E-state index contributed by atoms with van der Waals surface area (Å²) >= 11 is -0.826. The summed E-state index contributed by atoms with van der Waals surface area (Å²) in [4.78, 5) is 0. The van der Waals surface area contributed by atoms with Gasteiger partial charge >= 0.3 is 62.6 Å². The molecule has 2 radical (unpaired) electrons. The molecule has 0 unspecified atom stereocenters. The summed E-state index contributed by atoms with van der Waals surface area (Å²) in [6.07, 6.45) is -0.619. The second-order valence-electron chi connectivity index (χ2n) is 23.3. The molecule has 0 saturated heterocycles. The van der Waals surface area contributed by atoms with Crippen molar-refractivity contribution in [1.82, 2.24) is 0 Å². The van der Waals surface area contributed by atoms with E-state index in [1.165, 1.54) is 89.5 Å². The van der Waals surface area contributed by atoms with Gasteiger partial charge in [-0.3, -0.25) is 0 Å². The molecule has 0 heterocycles. The minimum absolute atomic E-state index is 0.0558. The van der Waals surface area contributed by atoms with Crippen LogP contribution in [0.5, 0.6) is 0 Å². The van der Waals surface area contributed by atoms with Crippen molar-refractivity contribution in [2.24, 2.45) is 46.3 Å². The monoisotopic (exact) mass is 1200 g/mol. The summed E-state index contributed by atoms with van der Waals surface area (Å²) in [6, 6.07) is 23.7. The zero-order valence-electron chi connectivity index (χ0n) is 42.3. The van der Waals surface area contributed by atoms with Crippen LogP contribution in [0.4, 0.5) is 52.7 Å². The summed E-state index contributed by atoms with van der Waals surface area (Å²) in [5.41, 5.74) is -1.53. The Labute approximate surface area is 458 Å². The summed E-state index contributed by atoms with van der Waals surface area (Å²) < 4.78 is 161. The van der Waals surface area contributed by atoms with Crippen molar-refractivity contribution >= 4 is 48.1 Å². The van der Waals surface area contributed by atoms with E-state index in [0.717, 1.165) is 115 Å². The van der Waals surface area contributed by atoms with Crippen molar-refractivity contribution in [3.8, 4) is 22.3 Å². The van der Waals surface area contributed by atoms with Gasteiger partial charge in [-0.2, -0.15) is 64.8 Å². The molecule has 8 aliphatic rings. The van der Waals surface area contributed by atoms with Gasteiger partial charge in [-0.05, 0) is 184 Å². The van der Waals surface area contributed by atoms with E-state index in [2.05, 4.69) is 25.6 Å². The number of alkyl halides is 12. The fourth-order valence-electron chi connectivity index (χ4n) is 15.7. The molecule has 0 spiro atoms. The SMILES string of the molecule is CCC[Si]C.FC(F)(F)c1cc(-c2cccc3[cH-]c(CC45CC6CC(CC(C6)C4)C5)cc23)cc(C(F)(F)F)c1.FC(F)(F)c1cc(-c2cccc3[cH-]c(CC45CC6CC(CC(C6)C4)C5)cc23)cc(C(F)(F)F)c1.[Cl][Zr+2][Cl]. The van der Waals surface area contributed by atoms with Gasteiger partial charge in [0.25, 0.3) is 0 Å². The second kappa shape index (κ2) is 22.5. The first-order chi connectivity index (χ1) is 35.8. The van der Waals surface area contributed by atoms with Crippen LogP contribution in [0.1, 0.15) is 124 Å². The second-order valence-corrected chi connectivity index (χ2v) is 28.2. The molecule has 76 heavy (non-hydrogen) atoms. The summed E-state index contributed by atoms with van der Waals surface area (Å²) in [5, 5.41) is 3.16. The Morgan fingerprint density at radius 3 is 1.01 bits per heavy atom. The molecule has 8 aliphatic carbocycles. The normalized spacial score (nSPS) is 26.4. The number of rotatable bonds is 8. The third-order valence-corrected chi connectivity index (χ3v) is 18.4. The number of halogens is 14. The van der Waals surface area contributed by atoms with Crippen molar-refractivity contribution in [2.45, 2.75) is 141 Å². The Balaban J connectivity index is 0.000000163. The van der Waals surface area contributed by atoms with Crippen LogP contribution in [0.15, 0.2) is 97.1 Å². The van der Waals surface area contributed by atoms with Crippen LogP contribution < -0.4 is 0 Å². The van der Waals surface area contributed by atoms with E-state index in [-0.39, 0.29) is 23.3 Å². The van der Waals surface area contributed by atoms with Gasteiger partial charge in [0.05, 0.1) is 22.3 Å². The molecule has 16 heteroatoms. The predicted molar refractivity (Wildman–Crippen MR) is 277 cm³/mol. The standard InChI is InChI=1S/2C28H25F6.C4H10Si.2ClH.Zr/c2*29-27(30,31)22-9-21(10-23(11-22)28(32,33)34)24-3-1-2-20-7-19(8-25(20)24)15-26-12-16-4-17(13-26)6-18(5-16)14-26;1-3-4-5-2;;;/h2*1-3,7-11,16-18H,4-6,12-15H2;3-4H2,1-2H3;2*1H;/q2*-1;;;;+4/p-2. The zero-order chi connectivity index (χ0) is 54.6. The van der Waals surface area contributed by atoms with E-state index in [9.17, 15) is 52.7 Å². The molecule has 8 bridgehead atoms. The van der Waals surface area contributed by atoms with E-state index in [1.54, 1.807) is 24.3 Å². The first-order valence-corrected chi connectivity index (χ1v) is 34.4. The summed E-state index contributed by atoms with van der Waals surface area (Å²) in [5.74, 6) is 4.90.